The summed E-state index contributed by atoms with van der Waals surface area (Å²) < 4.78 is 5.22. The monoisotopic (exact) mass is 268 g/mol. The number of hydrogen-bond acceptors (Lipinski definition) is 4. The molecule has 3 amide bonds. The molecule has 0 saturated heterocycles. The van der Waals surface area contributed by atoms with Crippen LogP contribution in [0.1, 0.15) is 40.5 Å². The third kappa shape index (κ3) is 4.08. The summed E-state index contributed by atoms with van der Waals surface area (Å²) in [5.74, 6) is -1.04. The topological polar surface area (TPSA) is 66.9 Å². The largest absolute Gasteiger partial charge is 0.442 e. The van der Waals surface area contributed by atoms with Gasteiger partial charge in [-0.25, -0.2) is 9.80 Å². The Morgan fingerprint density at radius 2 is 1.79 bits per heavy atom. The van der Waals surface area contributed by atoms with Gasteiger partial charge in [-0.1, -0.05) is 13.3 Å². The molecule has 0 atom stereocenters. The lowest BCUT2D eigenvalue weighted by Gasteiger charge is -2.31. The number of rotatable bonds is 4. The highest BCUT2D eigenvalue weighted by atomic mass is 16.6. The van der Waals surface area contributed by atoms with E-state index in [0.717, 1.165) is 28.6 Å². The molecular formula is C13H20N2O4. The third-order valence-corrected chi connectivity index (χ3v) is 2.36. The van der Waals surface area contributed by atoms with Gasteiger partial charge in [-0.3, -0.25) is 9.59 Å². The van der Waals surface area contributed by atoms with Crippen molar-refractivity contribution in [1.29, 1.82) is 0 Å². The summed E-state index contributed by atoms with van der Waals surface area (Å²) >= 11 is 0. The van der Waals surface area contributed by atoms with Gasteiger partial charge in [0.05, 0.1) is 0 Å². The number of hydrazine groups is 1. The number of carbonyl (C=O) groups excluding carboxylic acids is 3. The van der Waals surface area contributed by atoms with E-state index < -0.39 is 23.5 Å². The average molecular weight is 268 g/mol. The lowest BCUT2D eigenvalue weighted by molar-refractivity contribution is -0.154. The van der Waals surface area contributed by atoms with Crippen LogP contribution in [0.5, 0.6) is 0 Å². The van der Waals surface area contributed by atoms with Crippen molar-refractivity contribution in [3.8, 4) is 0 Å². The van der Waals surface area contributed by atoms with Crippen molar-refractivity contribution in [2.24, 2.45) is 0 Å². The van der Waals surface area contributed by atoms with Gasteiger partial charge in [-0.15, -0.1) is 0 Å². The van der Waals surface area contributed by atoms with E-state index >= 15 is 0 Å². The van der Waals surface area contributed by atoms with Crippen LogP contribution < -0.4 is 0 Å². The van der Waals surface area contributed by atoms with Crippen LogP contribution in [0.3, 0.4) is 0 Å². The van der Waals surface area contributed by atoms with E-state index in [1.165, 1.54) is 0 Å². The van der Waals surface area contributed by atoms with Crippen LogP contribution in [0, 0.1) is 0 Å². The predicted molar refractivity (Wildman–Crippen MR) is 68.8 cm³/mol. The molecule has 0 saturated carbocycles. The molecule has 0 bridgehead atoms. The van der Waals surface area contributed by atoms with E-state index in [1.807, 2.05) is 6.92 Å². The molecular weight excluding hydrogens is 248 g/mol. The van der Waals surface area contributed by atoms with E-state index in [1.54, 1.807) is 20.8 Å². The van der Waals surface area contributed by atoms with Crippen molar-refractivity contribution in [3.63, 3.8) is 0 Å². The van der Waals surface area contributed by atoms with Crippen LogP contribution in [0.4, 0.5) is 4.79 Å². The molecule has 0 aromatic carbocycles. The molecule has 1 aliphatic rings. The Bertz CT molecular complexity index is 391. The van der Waals surface area contributed by atoms with Gasteiger partial charge >= 0.3 is 6.09 Å². The first-order chi connectivity index (χ1) is 8.76. The number of ether oxygens (including phenoxy) is 1. The average Bonchev–Trinajstić information content (AvgIpc) is 2.58. The Balaban J connectivity index is 2.85. The molecule has 0 radical (unpaired) electrons. The molecule has 0 unspecified atom stereocenters. The molecule has 0 spiro atoms. The van der Waals surface area contributed by atoms with Crippen molar-refractivity contribution in [3.05, 3.63) is 12.2 Å². The zero-order valence-electron chi connectivity index (χ0n) is 11.8. The second-order valence-corrected chi connectivity index (χ2v) is 5.28. The second-order valence-electron chi connectivity index (χ2n) is 5.28. The number of unbranched alkanes of at least 4 members (excludes halogenated alkanes) is 1. The lowest BCUT2D eigenvalue weighted by atomic mass is 10.2. The third-order valence-electron chi connectivity index (χ3n) is 2.36. The summed E-state index contributed by atoms with van der Waals surface area (Å²) in [7, 11) is 0. The maximum absolute atomic E-state index is 12.1. The highest BCUT2D eigenvalue weighted by molar-refractivity contribution is 6.13. The van der Waals surface area contributed by atoms with Crippen molar-refractivity contribution in [1.82, 2.24) is 10.0 Å². The Kier molecular flexibility index (Phi) is 4.69. The Morgan fingerprint density at radius 3 is 2.21 bits per heavy atom. The number of hydrogen-bond donors (Lipinski definition) is 0. The van der Waals surface area contributed by atoms with Gasteiger partial charge in [0.1, 0.15) is 5.60 Å². The van der Waals surface area contributed by atoms with Gasteiger partial charge in [0.25, 0.3) is 11.8 Å². The molecule has 0 N–H and O–H groups in total. The van der Waals surface area contributed by atoms with E-state index in [2.05, 4.69) is 0 Å². The molecule has 6 heteroatoms. The van der Waals surface area contributed by atoms with Crippen molar-refractivity contribution >= 4 is 17.9 Å². The van der Waals surface area contributed by atoms with E-state index in [0.29, 0.717) is 6.42 Å². The maximum Gasteiger partial charge on any atom is 0.429 e. The molecule has 1 heterocycles. The fraction of sp³-hybridized carbons (Fsp3) is 0.615. The number of amides is 3. The Labute approximate surface area is 113 Å². The van der Waals surface area contributed by atoms with E-state index in [4.69, 9.17) is 4.74 Å². The fourth-order valence-electron chi connectivity index (χ4n) is 1.53. The normalized spacial score (nSPS) is 15.1. The zero-order chi connectivity index (χ0) is 14.6. The van der Waals surface area contributed by atoms with Crippen molar-refractivity contribution in [2.45, 2.75) is 46.1 Å². The Hall–Kier alpha value is -1.85. The minimum absolute atomic E-state index is 0.268. The van der Waals surface area contributed by atoms with Crippen LogP contribution >= 0.6 is 0 Å². The summed E-state index contributed by atoms with van der Waals surface area (Å²) in [5, 5.41) is 1.89. The first kappa shape index (κ1) is 15.2. The van der Waals surface area contributed by atoms with Gasteiger partial charge in [0.2, 0.25) is 0 Å². The molecule has 0 aliphatic carbocycles. The number of nitrogens with zero attached hydrogens (tertiary/aromatic N) is 2. The summed E-state index contributed by atoms with van der Waals surface area (Å²) in [6.45, 7) is 7.42. The number of carbonyl (C=O) groups is 3. The van der Waals surface area contributed by atoms with Gasteiger partial charge in [0, 0.05) is 18.7 Å². The minimum atomic E-state index is -0.689. The smallest absolute Gasteiger partial charge is 0.429 e. The predicted octanol–water partition coefficient (Wildman–Crippen LogP) is 1.86. The standard InChI is InChI=1S/C13H20N2O4/c1-5-6-9-14(12(18)19-13(2,3)4)15-10(16)7-8-11(15)17/h7-8H,5-6,9H2,1-4H3. The van der Waals surface area contributed by atoms with Crippen LogP contribution in [-0.2, 0) is 14.3 Å². The summed E-state index contributed by atoms with van der Waals surface area (Å²) in [6, 6.07) is 0. The lowest BCUT2D eigenvalue weighted by Crippen LogP contribution is -2.51. The van der Waals surface area contributed by atoms with Crippen LogP contribution in [0.15, 0.2) is 12.2 Å². The SMILES string of the molecule is CCCCN(C(=O)OC(C)(C)C)N1C(=O)C=CC1=O. The van der Waals surface area contributed by atoms with Crippen LogP contribution in [-0.4, -0.2) is 40.1 Å². The quantitative estimate of drug-likeness (QED) is 0.730. The van der Waals surface area contributed by atoms with Crippen LogP contribution in [0.2, 0.25) is 0 Å². The maximum atomic E-state index is 12.1. The first-order valence-corrected chi connectivity index (χ1v) is 6.33. The van der Waals surface area contributed by atoms with E-state index in [-0.39, 0.29) is 6.54 Å². The summed E-state index contributed by atoms with van der Waals surface area (Å²) in [5.41, 5.74) is -0.680. The molecule has 1 rings (SSSR count). The first-order valence-electron chi connectivity index (χ1n) is 6.33. The Morgan fingerprint density at radius 1 is 1.26 bits per heavy atom. The van der Waals surface area contributed by atoms with Gasteiger partial charge in [0.15, 0.2) is 0 Å². The molecule has 0 fully saturated rings. The van der Waals surface area contributed by atoms with Gasteiger partial charge < -0.3 is 4.74 Å². The highest BCUT2D eigenvalue weighted by Gasteiger charge is 2.35. The summed E-state index contributed by atoms with van der Waals surface area (Å²) in [6.07, 6.45) is 3.11. The van der Waals surface area contributed by atoms with Crippen molar-refractivity contribution < 1.29 is 19.1 Å². The second kappa shape index (κ2) is 5.86. The molecule has 1 aliphatic heterocycles. The summed E-state index contributed by atoms with van der Waals surface area (Å²) in [4.78, 5) is 35.3. The van der Waals surface area contributed by atoms with Gasteiger partial charge in [-0.05, 0) is 27.2 Å². The molecule has 0 aromatic heterocycles. The van der Waals surface area contributed by atoms with Crippen molar-refractivity contribution in [2.75, 3.05) is 6.54 Å². The highest BCUT2D eigenvalue weighted by Crippen LogP contribution is 2.15. The molecule has 0 aromatic rings. The minimum Gasteiger partial charge on any atom is -0.442 e. The van der Waals surface area contributed by atoms with Gasteiger partial charge in [-0.2, -0.15) is 5.01 Å². The molecule has 106 valence electrons. The number of imide groups is 1. The van der Waals surface area contributed by atoms with E-state index in [9.17, 15) is 14.4 Å². The zero-order valence-corrected chi connectivity index (χ0v) is 11.8. The molecule has 19 heavy (non-hydrogen) atoms. The van der Waals surface area contributed by atoms with Crippen LogP contribution in [0.25, 0.3) is 0 Å². The molecule has 6 nitrogen and oxygen atoms in total. The fourth-order valence-corrected chi connectivity index (χ4v) is 1.53.